The van der Waals surface area contributed by atoms with Crippen molar-refractivity contribution in [3.63, 3.8) is 0 Å². The molecule has 1 heterocycles. The number of carbonyl (C=O) groups is 1. The quantitative estimate of drug-likeness (QED) is 0.791. The smallest absolute Gasteiger partial charge is 0.221 e. The predicted molar refractivity (Wildman–Crippen MR) is 68.8 cm³/mol. The molecule has 1 rings (SSSR count). The van der Waals surface area contributed by atoms with Crippen LogP contribution in [0.2, 0.25) is 0 Å². The third kappa shape index (κ3) is 3.74. The van der Waals surface area contributed by atoms with Crippen LogP contribution in [0.25, 0.3) is 0 Å². The van der Waals surface area contributed by atoms with Crippen molar-refractivity contribution in [2.24, 2.45) is 0 Å². The Hall–Kier alpha value is -0.0900. The number of alkyl halides is 1. The highest BCUT2D eigenvalue weighted by atomic mass is 79.9. The van der Waals surface area contributed by atoms with E-state index in [1.165, 1.54) is 0 Å². The van der Waals surface area contributed by atoms with E-state index in [0.717, 1.165) is 37.6 Å². The van der Waals surface area contributed by atoms with Gasteiger partial charge in [0.15, 0.2) is 0 Å². The number of rotatable bonds is 5. The molecule has 1 saturated heterocycles. The van der Waals surface area contributed by atoms with Gasteiger partial charge in [0.05, 0.1) is 5.60 Å². The number of carbonyl (C=O) groups excluding carboxylic acids is 1. The maximum atomic E-state index is 11.5. The van der Waals surface area contributed by atoms with Crippen LogP contribution in [-0.4, -0.2) is 29.5 Å². The van der Waals surface area contributed by atoms with Crippen molar-refractivity contribution in [2.75, 3.05) is 11.9 Å². The van der Waals surface area contributed by atoms with Crippen LogP contribution < -0.4 is 5.32 Å². The average molecular weight is 292 g/mol. The highest BCUT2D eigenvalue weighted by Crippen LogP contribution is 2.31. The first-order chi connectivity index (χ1) is 7.65. The normalized spacial score (nSPS) is 24.1. The molecule has 0 spiro atoms. The first-order valence-corrected chi connectivity index (χ1v) is 7.27. The molecule has 0 aromatic carbocycles. The Balaban J connectivity index is 2.47. The molecule has 1 N–H and O–H groups in total. The fraction of sp³-hybridized carbons (Fsp3) is 0.917. The summed E-state index contributed by atoms with van der Waals surface area (Å²) in [6.07, 6.45) is 4.50. The molecule has 1 amide bonds. The van der Waals surface area contributed by atoms with Crippen molar-refractivity contribution in [3.8, 4) is 0 Å². The Labute approximate surface area is 106 Å². The molecule has 1 fully saturated rings. The van der Waals surface area contributed by atoms with E-state index >= 15 is 0 Å². The second kappa shape index (κ2) is 6.60. The van der Waals surface area contributed by atoms with E-state index in [1.807, 2.05) is 0 Å². The molecular formula is C12H22BrNO2. The largest absolute Gasteiger partial charge is 0.375 e. The molecular weight excluding hydrogens is 270 g/mol. The van der Waals surface area contributed by atoms with Gasteiger partial charge in [-0.25, -0.2) is 0 Å². The maximum Gasteiger partial charge on any atom is 0.221 e. The summed E-state index contributed by atoms with van der Waals surface area (Å²) in [4.78, 5) is 11.5. The topological polar surface area (TPSA) is 38.3 Å². The Morgan fingerprint density at radius 1 is 1.50 bits per heavy atom. The molecule has 1 atom stereocenters. The standard InChI is InChI=1S/C12H22BrNO2/c1-3-12(4-2)9-10(6-8-16-12)14-11(15)5-7-13/h10H,3-9H2,1-2H3,(H,14,15). The Kier molecular flexibility index (Phi) is 5.76. The Morgan fingerprint density at radius 2 is 2.19 bits per heavy atom. The van der Waals surface area contributed by atoms with E-state index in [9.17, 15) is 4.79 Å². The lowest BCUT2D eigenvalue weighted by atomic mass is 9.86. The van der Waals surface area contributed by atoms with Gasteiger partial charge in [-0.05, 0) is 25.7 Å². The zero-order valence-electron chi connectivity index (χ0n) is 10.2. The summed E-state index contributed by atoms with van der Waals surface area (Å²) in [5, 5.41) is 3.83. The van der Waals surface area contributed by atoms with Gasteiger partial charge in [-0.15, -0.1) is 0 Å². The summed E-state index contributed by atoms with van der Waals surface area (Å²) in [7, 11) is 0. The van der Waals surface area contributed by atoms with Gasteiger partial charge in [0.25, 0.3) is 0 Å². The predicted octanol–water partition coefficient (Wildman–Crippen LogP) is 2.63. The highest BCUT2D eigenvalue weighted by molar-refractivity contribution is 9.09. The van der Waals surface area contributed by atoms with Crippen LogP contribution >= 0.6 is 15.9 Å². The minimum Gasteiger partial charge on any atom is -0.375 e. The number of nitrogens with one attached hydrogen (secondary N) is 1. The van der Waals surface area contributed by atoms with Gasteiger partial charge in [0, 0.05) is 24.4 Å². The zero-order chi connectivity index (χ0) is 12.0. The molecule has 4 heteroatoms. The van der Waals surface area contributed by atoms with E-state index in [4.69, 9.17) is 4.74 Å². The third-order valence-corrected chi connectivity index (χ3v) is 3.86. The summed E-state index contributed by atoms with van der Waals surface area (Å²) in [6, 6.07) is 0.292. The first kappa shape index (κ1) is 14.0. The molecule has 0 aromatic heterocycles. The minimum absolute atomic E-state index is 0.00933. The summed E-state index contributed by atoms with van der Waals surface area (Å²) in [5.41, 5.74) is -0.00933. The van der Waals surface area contributed by atoms with Gasteiger partial charge in [0.1, 0.15) is 0 Å². The number of ether oxygens (including phenoxy) is 1. The summed E-state index contributed by atoms with van der Waals surface area (Å²) in [6.45, 7) is 5.08. The third-order valence-electron chi connectivity index (χ3n) is 3.47. The molecule has 94 valence electrons. The summed E-state index contributed by atoms with van der Waals surface area (Å²) < 4.78 is 5.88. The number of halogens is 1. The molecule has 0 aliphatic carbocycles. The molecule has 16 heavy (non-hydrogen) atoms. The van der Waals surface area contributed by atoms with Crippen molar-refractivity contribution < 1.29 is 9.53 Å². The van der Waals surface area contributed by atoms with Gasteiger partial charge in [-0.1, -0.05) is 29.8 Å². The number of hydrogen-bond donors (Lipinski definition) is 1. The lowest BCUT2D eigenvalue weighted by molar-refractivity contribution is -0.125. The molecule has 0 saturated carbocycles. The van der Waals surface area contributed by atoms with Gasteiger partial charge in [-0.2, -0.15) is 0 Å². The zero-order valence-corrected chi connectivity index (χ0v) is 11.8. The summed E-state index contributed by atoms with van der Waals surface area (Å²) >= 11 is 3.28. The molecule has 1 aliphatic heterocycles. The average Bonchev–Trinajstić information content (AvgIpc) is 2.29. The van der Waals surface area contributed by atoms with Crippen molar-refractivity contribution in [2.45, 2.75) is 57.6 Å². The molecule has 0 bridgehead atoms. The lowest BCUT2D eigenvalue weighted by Crippen LogP contribution is -2.48. The van der Waals surface area contributed by atoms with E-state index in [0.29, 0.717) is 12.5 Å². The van der Waals surface area contributed by atoms with Crippen LogP contribution in [0.15, 0.2) is 0 Å². The monoisotopic (exact) mass is 291 g/mol. The van der Waals surface area contributed by atoms with Crippen LogP contribution in [0.4, 0.5) is 0 Å². The van der Waals surface area contributed by atoms with Gasteiger partial charge >= 0.3 is 0 Å². The van der Waals surface area contributed by atoms with Gasteiger partial charge in [0.2, 0.25) is 5.91 Å². The van der Waals surface area contributed by atoms with E-state index in [2.05, 4.69) is 35.1 Å². The van der Waals surface area contributed by atoms with Crippen LogP contribution in [0.1, 0.15) is 46.0 Å². The van der Waals surface area contributed by atoms with E-state index < -0.39 is 0 Å². The fourth-order valence-corrected chi connectivity index (χ4v) is 2.64. The van der Waals surface area contributed by atoms with Gasteiger partial charge < -0.3 is 10.1 Å². The second-order valence-electron chi connectivity index (χ2n) is 4.43. The second-order valence-corrected chi connectivity index (χ2v) is 5.23. The summed E-state index contributed by atoms with van der Waals surface area (Å²) in [5.74, 6) is 0.143. The first-order valence-electron chi connectivity index (χ1n) is 6.15. The van der Waals surface area contributed by atoms with Crippen molar-refractivity contribution in [3.05, 3.63) is 0 Å². The lowest BCUT2D eigenvalue weighted by Gasteiger charge is -2.40. The Bertz CT molecular complexity index is 229. The van der Waals surface area contributed by atoms with Crippen LogP contribution in [0, 0.1) is 0 Å². The van der Waals surface area contributed by atoms with E-state index in [1.54, 1.807) is 0 Å². The SMILES string of the molecule is CCC1(CC)CC(NC(=O)CCBr)CCO1. The molecule has 0 radical (unpaired) electrons. The van der Waals surface area contributed by atoms with Crippen LogP contribution in [0.3, 0.4) is 0 Å². The minimum atomic E-state index is -0.00933. The highest BCUT2D eigenvalue weighted by Gasteiger charge is 2.34. The molecule has 3 nitrogen and oxygen atoms in total. The maximum absolute atomic E-state index is 11.5. The van der Waals surface area contributed by atoms with Gasteiger partial charge in [-0.3, -0.25) is 4.79 Å². The van der Waals surface area contributed by atoms with Crippen molar-refractivity contribution in [1.82, 2.24) is 5.32 Å². The van der Waals surface area contributed by atoms with Crippen molar-refractivity contribution >= 4 is 21.8 Å². The van der Waals surface area contributed by atoms with Crippen molar-refractivity contribution in [1.29, 1.82) is 0 Å². The molecule has 1 aliphatic rings. The fourth-order valence-electron chi connectivity index (χ4n) is 2.28. The van der Waals surface area contributed by atoms with Crippen LogP contribution in [0.5, 0.6) is 0 Å². The molecule has 1 unspecified atom stereocenters. The number of hydrogen-bond acceptors (Lipinski definition) is 2. The van der Waals surface area contributed by atoms with Crippen LogP contribution in [-0.2, 0) is 9.53 Å². The number of amides is 1. The Morgan fingerprint density at radius 3 is 2.75 bits per heavy atom. The molecule has 0 aromatic rings. The van der Waals surface area contributed by atoms with E-state index in [-0.39, 0.29) is 11.5 Å².